The minimum atomic E-state index is -0.580. The fourth-order valence-electron chi connectivity index (χ4n) is 3.33. The average Bonchev–Trinajstić information content (AvgIpc) is 3.22. The zero-order valence-electron chi connectivity index (χ0n) is 17.2. The number of allylic oxidation sites excluding steroid dienone is 2. The summed E-state index contributed by atoms with van der Waals surface area (Å²) < 4.78 is 34.6. The molecule has 2 aromatic heterocycles. The second-order valence-electron chi connectivity index (χ2n) is 7.26. The van der Waals surface area contributed by atoms with Gasteiger partial charge in [-0.25, -0.2) is 13.8 Å². The van der Waals surface area contributed by atoms with E-state index in [0.717, 1.165) is 0 Å². The van der Waals surface area contributed by atoms with Gasteiger partial charge in [0.15, 0.2) is 5.82 Å². The second-order valence-corrected chi connectivity index (χ2v) is 7.67. The summed E-state index contributed by atoms with van der Waals surface area (Å²) in [6.07, 6.45) is 6.45. The summed E-state index contributed by atoms with van der Waals surface area (Å²) in [6.45, 7) is 2.23. The summed E-state index contributed by atoms with van der Waals surface area (Å²) in [4.78, 5) is 22.5. The largest absolute Gasteiger partial charge is 0.378 e. The molecule has 2 aromatic rings. The number of rotatable bonds is 7. The normalized spacial score (nSPS) is 16.7. The van der Waals surface area contributed by atoms with E-state index >= 15 is 0 Å². The first kappa shape index (κ1) is 22.2. The van der Waals surface area contributed by atoms with E-state index < -0.39 is 11.7 Å². The van der Waals surface area contributed by atoms with Crippen molar-refractivity contribution >= 4 is 35.0 Å². The number of morpholine rings is 1. The zero-order valence-corrected chi connectivity index (χ0v) is 17.9. The van der Waals surface area contributed by atoms with Crippen molar-refractivity contribution in [2.45, 2.75) is 19.4 Å². The van der Waals surface area contributed by atoms with E-state index in [-0.39, 0.29) is 47.8 Å². The Balaban J connectivity index is 1.38. The summed E-state index contributed by atoms with van der Waals surface area (Å²) in [7, 11) is 0. The third-order valence-corrected chi connectivity index (χ3v) is 5.31. The Bertz CT molecular complexity index is 1050. The highest BCUT2D eigenvalue weighted by molar-refractivity contribution is 6.32. The first-order chi connectivity index (χ1) is 15.5. The molecule has 0 saturated carbocycles. The molecule has 0 spiro atoms. The van der Waals surface area contributed by atoms with Crippen LogP contribution < -0.4 is 10.6 Å². The van der Waals surface area contributed by atoms with Crippen molar-refractivity contribution in [3.05, 3.63) is 46.9 Å². The molecule has 1 fully saturated rings. The number of nitrogens with zero attached hydrogens (tertiary/aromatic N) is 5. The zero-order chi connectivity index (χ0) is 22.5. The summed E-state index contributed by atoms with van der Waals surface area (Å²) in [6, 6.07) is 0. The molecule has 1 amide bonds. The smallest absolute Gasteiger partial charge is 0.244 e. The summed E-state index contributed by atoms with van der Waals surface area (Å²) in [5.74, 6) is -0.658. The standard InChI is InChI=1S/C20H22ClF2N7O2/c21-15-10-25-20(28-19(15)24-9-14-16(22)2-1-3-17(14)23)27-13-8-26-30(11-13)12-18(31)29-4-6-32-7-5-29/h2,8,10-11H,1,3-7,9,12H2,(H2,24,25,27,28). The molecule has 12 heteroatoms. The number of nitrogens with one attached hydrogen (secondary N) is 2. The van der Waals surface area contributed by atoms with Gasteiger partial charge < -0.3 is 20.3 Å². The van der Waals surface area contributed by atoms with Crippen molar-refractivity contribution in [1.29, 1.82) is 0 Å². The number of aromatic nitrogens is 4. The molecule has 1 aliphatic carbocycles. The number of carbonyl (C=O) groups is 1. The maximum atomic E-state index is 13.9. The first-order valence-electron chi connectivity index (χ1n) is 10.1. The number of anilines is 3. The molecular weight excluding hydrogens is 444 g/mol. The van der Waals surface area contributed by atoms with Crippen LogP contribution in [0.15, 0.2) is 41.9 Å². The number of ether oxygens (including phenoxy) is 1. The molecule has 32 heavy (non-hydrogen) atoms. The summed E-state index contributed by atoms with van der Waals surface area (Å²) in [5, 5.41) is 10.2. The molecule has 1 saturated heterocycles. The molecular formula is C20H22ClF2N7O2. The maximum Gasteiger partial charge on any atom is 0.244 e. The van der Waals surface area contributed by atoms with Crippen molar-refractivity contribution in [1.82, 2.24) is 24.6 Å². The van der Waals surface area contributed by atoms with Crippen molar-refractivity contribution in [3.8, 4) is 0 Å². The lowest BCUT2D eigenvalue weighted by atomic mass is 10.0. The number of carbonyl (C=O) groups excluding carboxylic acids is 1. The average molecular weight is 466 g/mol. The van der Waals surface area contributed by atoms with Gasteiger partial charge in [0.1, 0.15) is 23.2 Å². The predicted molar refractivity (Wildman–Crippen MR) is 115 cm³/mol. The summed E-state index contributed by atoms with van der Waals surface area (Å²) >= 11 is 6.12. The van der Waals surface area contributed by atoms with Gasteiger partial charge in [0, 0.05) is 37.8 Å². The Kier molecular flexibility index (Phi) is 6.96. The predicted octanol–water partition coefficient (Wildman–Crippen LogP) is 3.21. The Labute approximate surface area is 188 Å². The number of amides is 1. The molecule has 4 rings (SSSR count). The quantitative estimate of drug-likeness (QED) is 0.648. The highest BCUT2D eigenvalue weighted by Gasteiger charge is 2.18. The van der Waals surface area contributed by atoms with Gasteiger partial charge in [-0.3, -0.25) is 9.48 Å². The lowest BCUT2D eigenvalue weighted by Gasteiger charge is -2.26. The van der Waals surface area contributed by atoms with Crippen LogP contribution in [0.1, 0.15) is 12.8 Å². The van der Waals surface area contributed by atoms with Crippen molar-refractivity contribution < 1.29 is 18.3 Å². The summed E-state index contributed by atoms with van der Waals surface area (Å²) in [5.41, 5.74) is 0.537. The van der Waals surface area contributed by atoms with Crippen LogP contribution in [0.25, 0.3) is 0 Å². The fraction of sp³-hybridized carbons (Fsp3) is 0.400. The molecule has 0 bridgehead atoms. The fourth-order valence-corrected chi connectivity index (χ4v) is 3.49. The van der Waals surface area contributed by atoms with Crippen molar-refractivity contribution in [3.63, 3.8) is 0 Å². The molecule has 0 radical (unpaired) electrons. The molecule has 9 nitrogen and oxygen atoms in total. The monoisotopic (exact) mass is 465 g/mol. The highest BCUT2D eigenvalue weighted by atomic mass is 35.5. The van der Waals surface area contributed by atoms with Crippen LogP contribution in [0.3, 0.4) is 0 Å². The molecule has 0 unspecified atom stereocenters. The minimum absolute atomic E-state index is 0.0355. The van der Waals surface area contributed by atoms with Crippen LogP contribution in [-0.2, 0) is 16.1 Å². The third-order valence-electron chi connectivity index (χ3n) is 5.03. The van der Waals surface area contributed by atoms with Crippen LogP contribution in [-0.4, -0.2) is 63.4 Å². The second kappa shape index (κ2) is 10.0. The Morgan fingerprint density at radius 3 is 2.84 bits per heavy atom. The lowest BCUT2D eigenvalue weighted by Crippen LogP contribution is -2.42. The molecule has 2 aliphatic rings. The van der Waals surface area contributed by atoms with E-state index in [1.807, 2.05) is 0 Å². The number of hydrogen-bond acceptors (Lipinski definition) is 7. The number of halogens is 3. The molecule has 3 heterocycles. The van der Waals surface area contributed by atoms with Gasteiger partial charge in [0.25, 0.3) is 0 Å². The van der Waals surface area contributed by atoms with Crippen LogP contribution in [0.5, 0.6) is 0 Å². The van der Waals surface area contributed by atoms with Gasteiger partial charge >= 0.3 is 0 Å². The van der Waals surface area contributed by atoms with E-state index in [9.17, 15) is 13.6 Å². The van der Waals surface area contributed by atoms with Gasteiger partial charge in [0.2, 0.25) is 11.9 Å². The van der Waals surface area contributed by atoms with Gasteiger partial charge in [-0.05, 0) is 12.5 Å². The third kappa shape index (κ3) is 5.40. The van der Waals surface area contributed by atoms with Crippen LogP contribution >= 0.6 is 11.6 Å². The van der Waals surface area contributed by atoms with Crippen LogP contribution in [0, 0.1) is 0 Å². The van der Waals surface area contributed by atoms with Crippen LogP contribution in [0.2, 0.25) is 5.02 Å². The van der Waals surface area contributed by atoms with Crippen molar-refractivity contribution in [2.75, 3.05) is 43.5 Å². The topological polar surface area (TPSA) is 97.2 Å². The van der Waals surface area contributed by atoms with E-state index in [2.05, 4.69) is 25.7 Å². The SMILES string of the molecule is O=C(Cn1cc(Nc2ncc(Cl)c(NCC3=C(F)CCC=C3F)n2)cn1)N1CCOCC1. The van der Waals surface area contributed by atoms with Gasteiger partial charge in [-0.2, -0.15) is 10.1 Å². The van der Waals surface area contributed by atoms with E-state index in [1.54, 1.807) is 17.3 Å². The maximum absolute atomic E-state index is 13.9. The Hall–Kier alpha value is -3.05. The molecule has 1 aliphatic heterocycles. The van der Waals surface area contributed by atoms with E-state index in [4.69, 9.17) is 16.3 Å². The molecule has 0 atom stereocenters. The molecule has 0 aromatic carbocycles. The van der Waals surface area contributed by atoms with Gasteiger partial charge in [-0.1, -0.05) is 11.6 Å². The first-order valence-corrected chi connectivity index (χ1v) is 10.5. The molecule has 170 valence electrons. The van der Waals surface area contributed by atoms with E-state index in [1.165, 1.54) is 17.0 Å². The van der Waals surface area contributed by atoms with E-state index in [0.29, 0.717) is 38.4 Å². The lowest BCUT2D eigenvalue weighted by molar-refractivity contribution is -0.136. The van der Waals surface area contributed by atoms with Gasteiger partial charge in [0.05, 0.1) is 31.3 Å². The number of hydrogen-bond donors (Lipinski definition) is 2. The Morgan fingerprint density at radius 1 is 1.25 bits per heavy atom. The minimum Gasteiger partial charge on any atom is -0.378 e. The molecule has 2 N–H and O–H groups in total. The van der Waals surface area contributed by atoms with Crippen molar-refractivity contribution in [2.24, 2.45) is 0 Å². The van der Waals surface area contributed by atoms with Gasteiger partial charge in [-0.15, -0.1) is 0 Å². The Morgan fingerprint density at radius 2 is 2.06 bits per heavy atom. The van der Waals surface area contributed by atoms with Crippen LogP contribution in [0.4, 0.5) is 26.2 Å². The highest BCUT2D eigenvalue weighted by Crippen LogP contribution is 2.28.